The fraction of sp³-hybridized carbons (Fsp3) is 0.312. The summed E-state index contributed by atoms with van der Waals surface area (Å²) in [4.78, 5) is 4.26. The van der Waals surface area contributed by atoms with Crippen LogP contribution in [-0.4, -0.2) is 11.5 Å². The van der Waals surface area contributed by atoms with Gasteiger partial charge in [-0.25, -0.2) is 4.98 Å². The molecule has 3 heteroatoms. The highest BCUT2D eigenvalue weighted by atomic mass is 16.5. The summed E-state index contributed by atoms with van der Waals surface area (Å²) in [5, 5.41) is 3.25. The molecule has 2 rings (SSSR count). The molecule has 0 radical (unpaired) electrons. The number of nitrogens with one attached hydrogen (secondary N) is 1. The number of rotatable bonds is 6. The van der Waals surface area contributed by atoms with Crippen LogP contribution in [0.2, 0.25) is 0 Å². The maximum Gasteiger partial charge on any atom is 0.132 e. The van der Waals surface area contributed by atoms with E-state index in [4.69, 9.17) is 4.74 Å². The summed E-state index contributed by atoms with van der Waals surface area (Å²) >= 11 is 0. The lowest BCUT2D eigenvalue weighted by molar-refractivity contribution is 0.481. The third-order valence-corrected chi connectivity index (χ3v) is 2.83. The predicted molar refractivity (Wildman–Crippen MR) is 78.9 cm³/mol. The first-order chi connectivity index (χ1) is 9.31. The summed E-state index contributed by atoms with van der Waals surface area (Å²) in [6.07, 6.45) is 3.85. The van der Waals surface area contributed by atoms with Crippen molar-refractivity contribution in [3.8, 4) is 11.5 Å². The molecular formula is C16H20N2O. The van der Waals surface area contributed by atoms with Crippen molar-refractivity contribution in [1.29, 1.82) is 0 Å². The number of hydrogen-bond acceptors (Lipinski definition) is 3. The number of anilines is 1. The number of aryl methyl sites for hydroxylation is 1. The first-order valence-electron chi connectivity index (χ1n) is 6.78. The van der Waals surface area contributed by atoms with E-state index in [-0.39, 0.29) is 0 Å². The average molecular weight is 256 g/mol. The van der Waals surface area contributed by atoms with Crippen molar-refractivity contribution in [3.63, 3.8) is 0 Å². The van der Waals surface area contributed by atoms with Crippen molar-refractivity contribution in [1.82, 2.24) is 4.98 Å². The summed E-state index contributed by atoms with van der Waals surface area (Å²) in [6, 6.07) is 12.0. The Kier molecular flexibility index (Phi) is 4.78. The minimum Gasteiger partial charge on any atom is -0.457 e. The van der Waals surface area contributed by atoms with Crippen LogP contribution in [0.4, 0.5) is 5.82 Å². The maximum absolute atomic E-state index is 5.86. The molecule has 2 aromatic rings. The number of hydrogen-bond donors (Lipinski definition) is 1. The zero-order valence-electron chi connectivity index (χ0n) is 11.5. The Morgan fingerprint density at radius 1 is 1.11 bits per heavy atom. The predicted octanol–water partition coefficient (Wildman–Crippen LogP) is 4.26. The van der Waals surface area contributed by atoms with Crippen LogP contribution < -0.4 is 10.1 Å². The zero-order chi connectivity index (χ0) is 13.5. The molecule has 0 fully saturated rings. The van der Waals surface area contributed by atoms with Crippen LogP contribution in [0.1, 0.15) is 25.8 Å². The van der Waals surface area contributed by atoms with Gasteiger partial charge in [0, 0.05) is 18.8 Å². The van der Waals surface area contributed by atoms with Crippen molar-refractivity contribution in [3.05, 3.63) is 48.2 Å². The van der Waals surface area contributed by atoms with E-state index < -0.39 is 0 Å². The van der Waals surface area contributed by atoms with Gasteiger partial charge in [-0.15, -0.1) is 0 Å². The Bertz CT molecular complexity index is 526. The highest BCUT2D eigenvalue weighted by Crippen LogP contribution is 2.23. The highest BCUT2D eigenvalue weighted by Gasteiger charge is 2.00. The Hall–Kier alpha value is -2.03. The highest BCUT2D eigenvalue weighted by molar-refractivity contribution is 5.42. The standard InChI is InChI=1S/C16H20N2O/c1-3-9-17-16-12-15(8-10-18-16)19-14-7-5-6-13(4-2)11-14/h5-8,10-12H,3-4,9H2,1-2H3,(H,17,18). The molecule has 0 bridgehead atoms. The molecule has 100 valence electrons. The lowest BCUT2D eigenvalue weighted by Crippen LogP contribution is -2.01. The summed E-state index contributed by atoms with van der Waals surface area (Å²) in [6.45, 7) is 5.18. The van der Waals surface area contributed by atoms with E-state index in [0.717, 1.165) is 36.7 Å². The number of ether oxygens (including phenoxy) is 1. The van der Waals surface area contributed by atoms with Crippen LogP contribution in [-0.2, 0) is 6.42 Å². The lowest BCUT2D eigenvalue weighted by atomic mass is 10.2. The molecule has 1 aromatic carbocycles. The third-order valence-electron chi connectivity index (χ3n) is 2.83. The molecule has 19 heavy (non-hydrogen) atoms. The quantitative estimate of drug-likeness (QED) is 0.838. The van der Waals surface area contributed by atoms with Crippen LogP contribution in [0.3, 0.4) is 0 Å². The summed E-state index contributed by atoms with van der Waals surface area (Å²) in [5.41, 5.74) is 1.27. The number of aromatic nitrogens is 1. The Morgan fingerprint density at radius 2 is 1.95 bits per heavy atom. The van der Waals surface area contributed by atoms with Crippen LogP contribution in [0.25, 0.3) is 0 Å². The van der Waals surface area contributed by atoms with Crippen molar-refractivity contribution in [2.45, 2.75) is 26.7 Å². The van der Waals surface area contributed by atoms with E-state index in [9.17, 15) is 0 Å². The maximum atomic E-state index is 5.86. The molecule has 0 spiro atoms. The molecule has 0 aliphatic carbocycles. The van der Waals surface area contributed by atoms with Crippen molar-refractivity contribution >= 4 is 5.82 Å². The molecule has 0 saturated carbocycles. The number of pyridine rings is 1. The Labute approximate surface area is 114 Å². The van der Waals surface area contributed by atoms with E-state index >= 15 is 0 Å². The first kappa shape index (κ1) is 13.4. The van der Waals surface area contributed by atoms with Gasteiger partial charge in [-0.3, -0.25) is 0 Å². The van der Waals surface area contributed by atoms with Gasteiger partial charge in [0.1, 0.15) is 17.3 Å². The summed E-state index contributed by atoms with van der Waals surface area (Å²) in [5.74, 6) is 2.53. The fourth-order valence-corrected chi connectivity index (χ4v) is 1.79. The molecule has 0 saturated heterocycles. The van der Waals surface area contributed by atoms with Crippen LogP contribution in [0.15, 0.2) is 42.6 Å². The van der Waals surface area contributed by atoms with Gasteiger partial charge < -0.3 is 10.1 Å². The van der Waals surface area contributed by atoms with Gasteiger partial charge in [-0.2, -0.15) is 0 Å². The minimum atomic E-state index is 0.807. The Morgan fingerprint density at radius 3 is 2.74 bits per heavy atom. The normalized spacial score (nSPS) is 10.2. The van der Waals surface area contributed by atoms with Crippen molar-refractivity contribution < 1.29 is 4.74 Å². The van der Waals surface area contributed by atoms with Gasteiger partial charge >= 0.3 is 0 Å². The van der Waals surface area contributed by atoms with E-state index in [1.807, 2.05) is 24.3 Å². The van der Waals surface area contributed by atoms with Gasteiger partial charge in [-0.05, 0) is 36.6 Å². The molecule has 0 atom stereocenters. The van der Waals surface area contributed by atoms with E-state index in [2.05, 4.69) is 36.3 Å². The summed E-state index contributed by atoms with van der Waals surface area (Å²) < 4.78 is 5.86. The molecule has 0 aliphatic rings. The van der Waals surface area contributed by atoms with Gasteiger partial charge in [0.25, 0.3) is 0 Å². The lowest BCUT2D eigenvalue weighted by Gasteiger charge is -2.09. The fourth-order valence-electron chi connectivity index (χ4n) is 1.79. The van der Waals surface area contributed by atoms with Crippen molar-refractivity contribution in [2.75, 3.05) is 11.9 Å². The molecule has 1 N–H and O–H groups in total. The molecule has 0 unspecified atom stereocenters. The van der Waals surface area contributed by atoms with E-state index in [1.165, 1.54) is 5.56 Å². The number of benzene rings is 1. The van der Waals surface area contributed by atoms with Crippen LogP contribution >= 0.6 is 0 Å². The van der Waals surface area contributed by atoms with E-state index in [0.29, 0.717) is 0 Å². The number of nitrogens with zero attached hydrogens (tertiary/aromatic N) is 1. The molecule has 1 heterocycles. The first-order valence-corrected chi connectivity index (χ1v) is 6.78. The SMILES string of the molecule is CCCNc1cc(Oc2cccc(CC)c2)ccn1. The monoisotopic (exact) mass is 256 g/mol. The molecule has 1 aromatic heterocycles. The second-order valence-electron chi connectivity index (χ2n) is 4.41. The second-order valence-corrected chi connectivity index (χ2v) is 4.41. The van der Waals surface area contributed by atoms with E-state index in [1.54, 1.807) is 6.20 Å². The summed E-state index contributed by atoms with van der Waals surface area (Å²) in [7, 11) is 0. The molecular weight excluding hydrogens is 236 g/mol. The average Bonchev–Trinajstić information content (AvgIpc) is 2.46. The largest absolute Gasteiger partial charge is 0.457 e. The topological polar surface area (TPSA) is 34.1 Å². The van der Waals surface area contributed by atoms with Gasteiger partial charge in [0.15, 0.2) is 0 Å². The van der Waals surface area contributed by atoms with Gasteiger partial charge in [0.2, 0.25) is 0 Å². The van der Waals surface area contributed by atoms with Crippen molar-refractivity contribution in [2.24, 2.45) is 0 Å². The second kappa shape index (κ2) is 6.78. The van der Waals surface area contributed by atoms with Crippen LogP contribution in [0, 0.1) is 0 Å². The Balaban J connectivity index is 2.09. The molecule has 3 nitrogen and oxygen atoms in total. The van der Waals surface area contributed by atoms with Crippen LogP contribution in [0.5, 0.6) is 11.5 Å². The van der Waals surface area contributed by atoms with Gasteiger partial charge in [-0.1, -0.05) is 26.0 Å². The third kappa shape index (κ3) is 3.98. The molecule has 0 aliphatic heterocycles. The molecule has 0 amide bonds. The zero-order valence-corrected chi connectivity index (χ0v) is 11.5. The van der Waals surface area contributed by atoms with Gasteiger partial charge in [0.05, 0.1) is 0 Å². The minimum absolute atomic E-state index is 0.807. The smallest absolute Gasteiger partial charge is 0.132 e.